The predicted molar refractivity (Wildman–Crippen MR) is 110 cm³/mol. The highest BCUT2D eigenvalue weighted by molar-refractivity contribution is 7.91. The molecule has 156 valence electrons. The number of hydrogen-bond acceptors (Lipinski definition) is 5. The van der Waals surface area contributed by atoms with Gasteiger partial charge >= 0.3 is 6.03 Å². The van der Waals surface area contributed by atoms with Crippen molar-refractivity contribution in [1.29, 1.82) is 0 Å². The minimum absolute atomic E-state index is 0.0156. The first-order valence-corrected chi connectivity index (χ1v) is 11.2. The zero-order valence-corrected chi connectivity index (χ0v) is 17.3. The van der Waals surface area contributed by atoms with E-state index in [1.54, 1.807) is 10.7 Å². The third kappa shape index (κ3) is 5.80. The molecule has 1 atom stereocenters. The highest BCUT2D eigenvalue weighted by Crippen LogP contribution is 2.16. The molecule has 10 heteroatoms. The largest absolute Gasteiger partial charge is 0.352 e. The second-order valence-electron chi connectivity index (χ2n) is 7.19. The number of urea groups is 1. The summed E-state index contributed by atoms with van der Waals surface area (Å²) in [6.07, 6.45) is 0.517. The van der Waals surface area contributed by atoms with Gasteiger partial charge in [-0.15, -0.1) is 0 Å². The number of sulfone groups is 1. The van der Waals surface area contributed by atoms with Crippen LogP contribution in [0, 0.1) is 13.8 Å². The van der Waals surface area contributed by atoms with E-state index in [-0.39, 0.29) is 36.4 Å². The number of aryl methyl sites for hydroxylation is 2. The lowest BCUT2D eigenvalue weighted by atomic mass is 10.2. The topological polar surface area (TPSA) is 122 Å². The molecule has 2 heterocycles. The van der Waals surface area contributed by atoms with E-state index in [9.17, 15) is 18.0 Å². The molecule has 0 unspecified atom stereocenters. The van der Waals surface area contributed by atoms with Gasteiger partial charge < -0.3 is 16.0 Å². The highest BCUT2D eigenvalue weighted by atomic mass is 32.2. The lowest BCUT2D eigenvalue weighted by molar-refractivity contribution is -0.121. The van der Waals surface area contributed by atoms with Gasteiger partial charge in [0.2, 0.25) is 5.91 Å². The molecule has 3 rings (SSSR count). The van der Waals surface area contributed by atoms with Gasteiger partial charge in [0.05, 0.1) is 22.9 Å². The molecule has 0 aliphatic carbocycles. The van der Waals surface area contributed by atoms with Crippen molar-refractivity contribution in [2.75, 3.05) is 23.4 Å². The van der Waals surface area contributed by atoms with Crippen molar-refractivity contribution in [1.82, 2.24) is 20.4 Å². The summed E-state index contributed by atoms with van der Waals surface area (Å²) in [5.41, 5.74) is 3.34. The fourth-order valence-corrected chi connectivity index (χ4v) is 4.95. The number of nitrogens with zero attached hydrogens (tertiary/aromatic N) is 2. The average Bonchev–Trinajstić information content (AvgIpc) is 3.15. The molecule has 1 saturated heterocycles. The van der Waals surface area contributed by atoms with Crippen LogP contribution in [0.1, 0.15) is 24.2 Å². The van der Waals surface area contributed by atoms with E-state index in [0.29, 0.717) is 12.1 Å². The van der Waals surface area contributed by atoms with Gasteiger partial charge in [0.25, 0.3) is 0 Å². The fourth-order valence-electron chi connectivity index (χ4n) is 3.28. The molecule has 3 amide bonds. The SMILES string of the molecule is Cc1cc(C)n(-c2cccc(NC(=O)NCCC(=O)N[C@H]3CCS(=O)(=O)C3)c2)n1. The Morgan fingerprint density at radius 3 is 2.69 bits per heavy atom. The minimum Gasteiger partial charge on any atom is -0.352 e. The van der Waals surface area contributed by atoms with Gasteiger partial charge in [-0.05, 0) is 44.5 Å². The molecule has 0 bridgehead atoms. The van der Waals surface area contributed by atoms with Crippen molar-refractivity contribution in [3.05, 3.63) is 41.7 Å². The van der Waals surface area contributed by atoms with E-state index in [0.717, 1.165) is 17.1 Å². The Balaban J connectivity index is 1.46. The Hall–Kier alpha value is -2.88. The van der Waals surface area contributed by atoms with Crippen LogP contribution in [0.4, 0.5) is 10.5 Å². The number of aromatic nitrogens is 2. The summed E-state index contributed by atoms with van der Waals surface area (Å²) >= 11 is 0. The van der Waals surface area contributed by atoms with Gasteiger partial charge in [-0.2, -0.15) is 5.10 Å². The van der Waals surface area contributed by atoms with Gasteiger partial charge in [-0.25, -0.2) is 17.9 Å². The number of nitrogens with one attached hydrogen (secondary N) is 3. The second kappa shape index (κ2) is 8.64. The first-order valence-electron chi connectivity index (χ1n) is 9.40. The third-order valence-electron chi connectivity index (χ3n) is 4.59. The van der Waals surface area contributed by atoms with Crippen molar-refractivity contribution < 1.29 is 18.0 Å². The average molecular weight is 420 g/mol. The molecule has 1 aromatic carbocycles. The maximum absolute atomic E-state index is 12.1. The molecular formula is C19H25N5O4S. The number of rotatable bonds is 6. The Kier molecular flexibility index (Phi) is 6.21. The van der Waals surface area contributed by atoms with Crippen LogP contribution < -0.4 is 16.0 Å². The van der Waals surface area contributed by atoms with Crippen molar-refractivity contribution in [2.45, 2.75) is 32.7 Å². The molecule has 1 fully saturated rings. The summed E-state index contributed by atoms with van der Waals surface area (Å²) in [6, 6.07) is 8.51. The molecule has 9 nitrogen and oxygen atoms in total. The van der Waals surface area contributed by atoms with E-state index in [2.05, 4.69) is 21.0 Å². The first-order chi connectivity index (χ1) is 13.7. The maximum atomic E-state index is 12.1. The molecule has 1 aliphatic heterocycles. The molecule has 0 radical (unpaired) electrons. The maximum Gasteiger partial charge on any atom is 0.319 e. The predicted octanol–water partition coefficient (Wildman–Crippen LogP) is 1.30. The Morgan fingerprint density at radius 2 is 2.03 bits per heavy atom. The first kappa shape index (κ1) is 20.8. The van der Waals surface area contributed by atoms with E-state index >= 15 is 0 Å². The zero-order valence-electron chi connectivity index (χ0n) is 16.4. The summed E-state index contributed by atoms with van der Waals surface area (Å²) in [5.74, 6) is -0.188. The summed E-state index contributed by atoms with van der Waals surface area (Å²) in [5, 5.41) is 12.5. The van der Waals surface area contributed by atoms with Crippen LogP contribution in [0.15, 0.2) is 30.3 Å². The molecule has 0 saturated carbocycles. The highest BCUT2D eigenvalue weighted by Gasteiger charge is 2.28. The van der Waals surface area contributed by atoms with Crippen molar-refractivity contribution >= 4 is 27.5 Å². The molecule has 0 spiro atoms. The second-order valence-corrected chi connectivity index (χ2v) is 9.42. The van der Waals surface area contributed by atoms with Crippen molar-refractivity contribution in [3.8, 4) is 5.69 Å². The quantitative estimate of drug-likeness (QED) is 0.652. The molecule has 2 aromatic rings. The summed E-state index contributed by atoms with van der Waals surface area (Å²) in [7, 11) is -3.04. The number of carbonyl (C=O) groups excluding carboxylic acids is 2. The van der Waals surface area contributed by atoms with Crippen LogP contribution in [0.2, 0.25) is 0 Å². The number of carbonyl (C=O) groups is 2. The smallest absolute Gasteiger partial charge is 0.319 e. The summed E-state index contributed by atoms with van der Waals surface area (Å²) in [6.45, 7) is 4.02. The van der Waals surface area contributed by atoms with Gasteiger partial charge in [-0.3, -0.25) is 4.79 Å². The molecule has 29 heavy (non-hydrogen) atoms. The Labute approximate surface area is 169 Å². The lowest BCUT2D eigenvalue weighted by Gasteiger charge is -2.12. The number of anilines is 1. The van der Waals surface area contributed by atoms with Crippen LogP contribution >= 0.6 is 0 Å². The van der Waals surface area contributed by atoms with Crippen molar-refractivity contribution in [2.24, 2.45) is 0 Å². The van der Waals surface area contributed by atoms with Gasteiger partial charge in [-0.1, -0.05) is 6.07 Å². The molecule has 1 aromatic heterocycles. The summed E-state index contributed by atoms with van der Waals surface area (Å²) in [4.78, 5) is 24.0. The van der Waals surface area contributed by atoms with E-state index < -0.39 is 15.9 Å². The Morgan fingerprint density at radius 1 is 1.24 bits per heavy atom. The van der Waals surface area contributed by atoms with Crippen molar-refractivity contribution in [3.63, 3.8) is 0 Å². The molecular weight excluding hydrogens is 394 g/mol. The number of hydrogen-bond donors (Lipinski definition) is 3. The van der Waals surface area contributed by atoms with Crippen LogP contribution in [-0.4, -0.2) is 54.2 Å². The van der Waals surface area contributed by atoms with E-state index in [1.807, 2.05) is 38.1 Å². The molecule has 1 aliphatic rings. The van der Waals surface area contributed by atoms with Crippen LogP contribution in [0.25, 0.3) is 5.69 Å². The zero-order chi connectivity index (χ0) is 21.0. The minimum atomic E-state index is -3.04. The van der Waals surface area contributed by atoms with Crippen LogP contribution in [0.3, 0.4) is 0 Å². The van der Waals surface area contributed by atoms with E-state index in [4.69, 9.17) is 0 Å². The number of benzene rings is 1. The summed E-state index contributed by atoms with van der Waals surface area (Å²) < 4.78 is 24.6. The number of amides is 3. The standard InChI is InChI=1S/C19H25N5O4S/c1-13-10-14(2)24(23-13)17-5-3-4-15(11-17)22-19(26)20-8-6-18(25)21-16-7-9-29(27,28)12-16/h3-5,10-11,16H,6-9,12H2,1-2H3,(H,21,25)(H2,20,22,26)/t16-/m0/s1. The van der Waals surface area contributed by atoms with Gasteiger partial charge in [0.1, 0.15) is 0 Å². The normalized spacial score (nSPS) is 17.7. The van der Waals surface area contributed by atoms with Gasteiger partial charge in [0.15, 0.2) is 9.84 Å². The molecule has 3 N–H and O–H groups in total. The lowest BCUT2D eigenvalue weighted by Crippen LogP contribution is -2.38. The van der Waals surface area contributed by atoms with Crippen LogP contribution in [-0.2, 0) is 14.6 Å². The monoisotopic (exact) mass is 419 g/mol. The van der Waals surface area contributed by atoms with Gasteiger partial charge in [0, 0.05) is 30.4 Å². The Bertz CT molecular complexity index is 1020. The van der Waals surface area contributed by atoms with Crippen LogP contribution in [0.5, 0.6) is 0 Å². The third-order valence-corrected chi connectivity index (χ3v) is 6.36. The van der Waals surface area contributed by atoms with E-state index in [1.165, 1.54) is 0 Å². The fraction of sp³-hybridized carbons (Fsp3) is 0.421.